The quantitative estimate of drug-likeness (QED) is 0.857. The van der Waals surface area contributed by atoms with Crippen LogP contribution in [0.25, 0.3) is 0 Å². The number of carbonyl (C=O) groups is 1. The first kappa shape index (κ1) is 16.3. The fourth-order valence-corrected chi connectivity index (χ4v) is 2.71. The van der Waals surface area contributed by atoms with E-state index in [9.17, 15) is 4.79 Å². The fourth-order valence-electron chi connectivity index (χ4n) is 2.71. The Bertz CT molecular complexity index is 697. The van der Waals surface area contributed by atoms with E-state index < -0.39 is 0 Å². The molecule has 0 bridgehead atoms. The molecule has 1 fully saturated rings. The van der Waals surface area contributed by atoms with Crippen molar-refractivity contribution in [2.45, 2.75) is 19.4 Å². The first-order valence-electron chi connectivity index (χ1n) is 8.28. The van der Waals surface area contributed by atoms with Gasteiger partial charge in [-0.1, -0.05) is 24.3 Å². The van der Waals surface area contributed by atoms with Crippen LogP contribution < -0.4 is 20.1 Å². The van der Waals surface area contributed by atoms with Crippen LogP contribution in [0.15, 0.2) is 48.5 Å². The maximum atomic E-state index is 12.6. The summed E-state index contributed by atoms with van der Waals surface area (Å²) in [6.45, 7) is 4.22. The summed E-state index contributed by atoms with van der Waals surface area (Å²) >= 11 is 0. The molecule has 0 spiro atoms. The number of para-hydroxylation sites is 3. The summed E-state index contributed by atoms with van der Waals surface area (Å²) in [5.74, 6) is 1.67. The third-order valence-corrected chi connectivity index (χ3v) is 3.90. The number of amides is 1. The van der Waals surface area contributed by atoms with Crippen LogP contribution in [0.2, 0.25) is 0 Å². The lowest BCUT2D eigenvalue weighted by Crippen LogP contribution is -2.36. The van der Waals surface area contributed by atoms with Gasteiger partial charge in [0, 0.05) is 12.6 Å². The van der Waals surface area contributed by atoms with Gasteiger partial charge in [-0.3, -0.25) is 4.79 Å². The molecule has 0 aliphatic carbocycles. The van der Waals surface area contributed by atoms with Gasteiger partial charge in [-0.15, -0.1) is 0 Å². The third-order valence-electron chi connectivity index (χ3n) is 3.90. The maximum absolute atomic E-state index is 12.6. The predicted molar refractivity (Wildman–Crippen MR) is 92.9 cm³/mol. The number of benzene rings is 2. The molecule has 1 heterocycles. The molecule has 2 N–H and O–H groups in total. The second-order valence-corrected chi connectivity index (χ2v) is 5.64. The van der Waals surface area contributed by atoms with Crippen LogP contribution in [0.5, 0.6) is 17.2 Å². The topological polar surface area (TPSA) is 59.6 Å². The van der Waals surface area contributed by atoms with Crippen molar-refractivity contribution in [2.75, 3.05) is 19.7 Å². The minimum atomic E-state index is -0.117. The number of hydrogen-bond acceptors (Lipinski definition) is 4. The first-order chi connectivity index (χ1) is 11.8. The van der Waals surface area contributed by atoms with Crippen molar-refractivity contribution < 1.29 is 14.3 Å². The van der Waals surface area contributed by atoms with E-state index in [0.717, 1.165) is 19.5 Å². The highest BCUT2D eigenvalue weighted by molar-refractivity contribution is 5.97. The molecule has 2 aromatic rings. The lowest BCUT2D eigenvalue weighted by Gasteiger charge is -2.16. The van der Waals surface area contributed by atoms with E-state index in [1.165, 1.54) is 0 Å². The van der Waals surface area contributed by atoms with Crippen molar-refractivity contribution in [2.24, 2.45) is 0 Å². The summed E-state index contributed by atoms with van der Waals surface area (Å²) in [7, 11) is 0. The van der Waals surface area contributed by atoms with Crippen LogP contribution in [0.3, 0.4) is 0 Å². The molecule has 5 heteroatoms. The van der Waals surface area contributed by atoms with Crippen molar-refractivity contribution in [3.05, 3.63) is 54.1 Å². The molecule has 3 rings (SSSR count). The largest absolute Gasteiger partial charge is 0.490 e. The molecule has 1 unspecified atom stereocenters. The summed E-state index contributed by atoms with van der Waals surface area (Å²) in [5.41, 5.74) is 0.524. The molecule has 0 saturated carbocycles. The molecular weight excluding hydrogens is 304 g/mol. The second kappa shape index (κ2) is 7.84. The van der Waals surface area contributed by atoms with Gasteiger partial charge in [0.05, 0.1) is 12.2 Å². The van der Waals surface area contributed by atoms with E-state index in [1.54, 1.807) is 12.1 Å². The second-order valence-electron chi connectivity index (χ2n) is 5.64. The molecule has 1 amide bonds. The molecule has 1 aliphatic heterocycles. The van der Waals surface area contributed by atoms with Gasteiger partial charge in [0.15, 0.2) is 11.5 Å². The van der Waals surface area contributed by atoms with E-state index in [2.05, 4.69) is 10.6 Å². The summed E-state index contributed by atoms with van der Waals surface area (Å²) in [4.78, 5) is 12.6. The molecule has 126 valence electrons. The molecule has 1 saturated heterocycles. The van der Waals surface area contributed by atoms with Crippen molar-refractivity contribution >= 4 is 5.91 Å². The van der Waals surface area contributed by atoms with Crippen LogP contribution in [0.4, 0.5) is 0 Å². The molecule has 0 radical (unpaired) electrons. The average molecular weight is 326 g/mol. The van der Waals surface area contributed by atoms with E-state index in [1.807, 2.05) is 43.3 Å². The van der Waals surface area contributed by atoms with Crippen LogP contribution >= 0.6 is 0 Å². The van der Waals surface area contributed by atoms with Crippen LogP contribution in [0, 0.1) is 0 Å². The van der Waals surface area contributed by atoms with Crippen molar-refractivity contribution in [1.29, 1.82) is 0 Å². The van der Waals surface area contributed by atoms with Gasteiger partial charge in [-0.05, 0) is 44.2 Å². The first-order valence-corrected chi connectivity index (χ1v) is 8.28. The standard InChI is InChI=1S/C19H22N2O3/c1-2-23-17-9-5-6-10-18(17)24-16-8-4-3-7-15(16)19(22)21-14-11-12-20-13-14/h3-10,14,20H,2,11-13H2,1H3,(H,21,22). The highest BCUT2D eigenvalue weighted by Crippen LogP contribution is 2.33. The Hall–Kier alpha value is -2.53. The monoisotopic (exact) mass is 326 g/mol. The van der Waals surface area contributed by atoms with Gasteiger partial charge in [0.2, 0.25) is 0 Å². The number of nitrogens with one attached hydrogen (secondary N) is 2. The van der Waals surface area contributed by atoms with Gasteiger partial charge < -0.3 is 20.1 Å². The minimum Gasteiger partial charge on any atom is -0.490 e. The lowest BCUT2D eigenvalue weighted by molar-refractivity contribution is 0.0937. The summed E-state index contributed by atoms with van der Waals surface area (Å²) in [6.07, 6.45) is 0.946. The van der Waals surface area contributed by atoms with Gasteiger partial charge in [0.1, 0.15) is 5.75 Å². The molecule has 0 aromatic heterocycles. The smallest absolute Gasteiger partial charge is 0.255 e. The lowest BCUT2D eigenvalue weighted by atomic mass is 10.1. The zero-order chi connectivity index (χ0) is 16.8. The van der Waals surface area contributed by atoms with Crippen LogP contribution in [0.1, 0.15) is 23.7 Å². The molecule has 1 aliphatic rings. The highest BCUT2D eigenvalue weighted by atomic mass is 16.5. The Labute approximate surface area is 142 Å². The third kappa shape index (κ3) is 3.86. The minimum absolute atomic E-state index is 0.117. The Morgan fingerprint density at radius 3 is 2.54 bits per heavy atom. The van der Waals surface area contributed by atoms with Crippen LogP contribution in [-0.4, -0.2) is 31.6 Å². The SMILES string of the molecule is CCOc1ccccc1Oc1ccccc1C(=O)NC1CCNC1. The molecular formula is C19H22N2O3. The average Bonchev–Trinajstić information content (AvgIpc) is 3.10. The van der Waals surface area contributed by atoms with Gasteiger partial charge in [0.25, 0.3) is 5.91 Å². The molecule has 24 heavy (non-hydrogen) atoms. The van der Waals surface area contributed by atoms with Crippen molar-refractivity contribution in [3.63, 3.8) is 0 Å². The number of carbonyl (C=O) groups excluding carboxylic acids is 1. The van der Waals surface area contributed by atoms with E-state index in [0.29, 0.717) is 29.4 Å². The summed E-state index contributed by atoms with van der Waals surface area (Å²) in [5, 5.41) is 6.29. The Morgan fingerprint density at radius 1 is 1.12 bits per heavy atom. The normalized spacial score (nSPS) is 16.6. The Balaban J connectivity index is 1.80. The number of hydrogen-bond donors (Lipinski definition) is 2. The Kier molecular flexibility index (Phi) is 5.33. The zero-order valence-electron chi connectivity index (χ0n) is 13.7. The number of rotatable bonds is 6. The Morgan fingerprint density at radius 2 is 1.83 bits per heavy atom. The number of ether oxygens (including phenoxy) is 2. The van der Waals surface area contributed by atoms with Gasteiger partial charge in [-0.2, -0.15) is 0 Å². The van der Waals surface area contributed by atoms with Crippen molar-refractivity contribution in [3.8, 4) is 17.2 Å². The molecule has 5 nitrogen and oxygen atoms in total. The zero-order valence-corrected chi connectivity index (χ0v) is 13.7. The van der Waals surface area contributed by atoms with Crippen molar-refractivity contribution in [1.82, 2.24) is 10.6 Å². The summed E-state index contributed by atoms with van der Waals surface area (Å²) in [6, 6.07) is 14.9. The highest BCUT2D eigenvalue weighted by Gasteiger charge is 2.20. The van der Waals surface area contributed by atoms with Gasteiger partial charge in [-0.25, -0.2) is 0 Å². The van der Waals surface area contributed by atoms with E-state index >= 15 is 0 Å². The van der Waals surface area contributed by atoms with E-state index in [4.69, 9.17) is 9.47 Å². The van der Waals surface area contributed by atoms with Crippen LogP contribution in [-0.2, 0) is 0 Å². The summed E-state index contributed by atoms with van der Waals surface area (Å²) < 4.78 is 11.6. The maximum Gasteiger partial charge on any atom is 0.255 e. The fraction of sp³-hybridized carbons (Fsp3) is 0.316. The molecule has 2 aromatic carbocycles. The predicted octanol–water partition coefficient (Wildman–Crippen LogP) is 2.97. The van der Waals surface area contributed by atoms with Gasteiger partial charge >= 0.3 is 0 Å². The molecule has 1 atom stereocenters. The van der Waals surface area contributed by atoms with E-state index in [-0.39, 0.29) is 11.9 Å².